The highest BCUT2D eigenvalue weighted by Gasteiger charge is 2.14. The number of hydrogen-bond acceptors (Lipinski definition) is 2. The standard InChI is InChI=1S/C17H17N3O/c1-11-9-12(2)15(13(3)10-11)19-17(21)14-5-4-7-20-8-6-18-16(14)20/h4-10H,1-3H3,(H,19,21). The SMILES string of the molecule is Cc1cc(C)c(NC(=O)c2cccn3ccnc23)c(C)c1. The van der Waals surface area contributed by atoms with Crippen LogP contribution in [0.25, 0.3) is 5.65 Å². The summed E-state index contributed by atoms with van der Waals surface area (Å²) >= 11 is 0. The van der Waals surface area contributed by atoms with Crippen LogP contribution in [0.1, 0.15) is 27.0 Å². The summed E-state index contributed by atoms with van der Waals surface area (Å²) in [6, 6.07) is 7.77. The van der Waals surface area contributed by atoms with Gasteiger partial charge in [-0.05, 0) is 44.0 Å². The maximum absolute atomic E-state index is 12.6. The molecule has 0 radical (unpaired) electrons. The lowest BCUT2D eigenvalue weighted by Gasteiger charge is -2.13. The summed E-state index contributed by atoms with van der Waals surface area (Å²) in [5, 5.41) is 3.01. The Morgan fingerprint density at radius 3 is 2.57 bits per heavy atom. The summed E-state index contributed by atoms with van der Waals surface area (Å²) in [6.07, 6.45) is 5.39. The van der Waals surface area contributed by atoms with Gasteiger partial charge in [0.2, 0.25) is 0 Å². The van der Waals surface area contributed by atoms with Crippen LogP contribution in [-0.4, -0.2) is 15.3 Å². The minimum atomic E-state index is -0.137. The third kappa shape index (κ3) is 2.40. The Morgan fingerprint density at radius 2 is 1.86 bits per heavy atom. The van der Waals surface area contributed by atoms with E-state index in [2.05, 4.69) is 29.4 Å². The number of pyridine rings is 1. The maximum Gasteiger partial charge on any atom is 0.259 e. The highest BCUT2D eigenvalue weighted by molar-refractivity contribution is 6.08. The molecule has 2 heterocycles. The smallest absolute Gasteiger partial charge is 0.259 e. The fourth-order valence-electron chi connectivity index (χ4n) is 2.68. The topological polar surface area (TPSA) is 46.4 Å². The largest absolute Gasteiger partial charge is 0.321 e. The molecule has 0 fully saturated rings. The van der Waals surface area contributed by atoms with Crippen LogP contribution in [-0.2, 0) is 0 Å². The number of anilines is 1. The molecule has 0 spiro atoms. The highest BCUT2D eigenvalue weighted by atomic mass is 16.1. The normalized spacial score (nSPS) is 10.8. The van der Waals surface area contributed by atoms with Gasteiger partial charge in [-0.15, -0.1) is 0 Å². The second kappa shape index (κ2) is 5.05. The van der Waals surface area contributed by atoms with E-state index >= 15 is 0 Å². The first-order valence-electron chi connectivity index (χ1n) is 6.87. The fourth-order valence-corrected chi connectivity index (χ4v) is 2.68. The molecule has 0 saturated heterocycles. The molecule has 0 atom stereocenters. The van der Waals surface area contributed by atoms with E-state index in [1.807, 2.05) is 36.7 Å². The molecule has 0 unspecified atom stereocenters. The second-order valence-electron chi connectivity index (χ2n) is 5.31. The summed E-state index contributed by atoms with van der Waals surface area (Å²) in [6.45, 7) is 6.06. The van der Waals surface area contributed by atoms with Crippen molar-refractivity contribution in [1.29, 1.82) is 0 Å². The lowest BCUT2D eigenvalue weighted by Crippen LogP contribution is -2.15. The second-order valence-corrected chi connectivity index (χ2v) is 5.31. The van der Waals surface area contributed by atoms with Gasteiger partial charge in [-0.3, -0.25) is 4.79 Å². The molecule has 3 aromatic rings. The fraction of sp³-hybridized carbons (Fsp3) is 0.176. The molecule has 1 N–H and O–H groups in total. The van der Waals surface area contributed by atoms with Gasteiger partial charge in [0.25, 0.3) is 5.91 Å². The van der Waals surface area contributed by atoms with Crippen molar-refractivity contribution in [3.63, 3.8) is 0 Å². The van der Waals surface area contributed by atoms with E-state index in [4.69, 9.17) is 0 Å². The summed E-state index contributed by atoms with van der Waals surface area (Å²) in [5.41, 5.74) is 5.43. The molecule has 4 heteroatoms. The number of hydrogen-bond donors (Lipinski definition) is 1. The Hall–Kier alpha value is -2.62. The molecule has 0 aliphatic rings. The van der Waals surface area contributed by atoms with Crippen LogP contribution in [0.15, 0.2) is 42.9 Å². The van der Waals surface area contributed by atoms with Crippen molar-refractivity contribution >= 4 is 17.2 Å². The Labute approximate surface area is 123 Å². The van der Waals surface area contributed by atoms with Crippen LogP contribution in [0.3, 0.4) is 0 Å². The molecular weight excluding hydrogens is 262 g/mol. The zero-order valence-corrected chi connectivity index (χ0v) is 12.3. The lowest BCUT2D eigenvalue weighted by molar-refractivity contribution is 0.102. The first-order valence-corrected chi connectivity index (χ1v) is 6.87. The summed E-state index contributed by atoms with van der Waals surface area (Å²) in [7, 11) is 0. The van der Waals surface area contributed by atoms with Crippen LogP contribution in [0, 0.1) is 20.8 Å². The van der Waals surface area contributed by atoms with Crippen molar-refractivity contribution in [2.24, 2.45) is 0 Å². The van der Waals surface area contributed by atoms with Gasteiger partial charge in [0.15, 0.2) is 0 Å². The van der Waals surface area contributed by atoms with Gasteiger partial charge in [-0.25, -0.2) is 4.98 Å². The number of nitrogens with zero attached hydrogens (tertiary/aromatic N) is 2. The van der Waals surface area contributed by atoms with Crippen LogP contribution in [0.2, 0.25) is 0 Å². The molecule has 21 heavy (non-hydrogen) atoms. The predicted molar refractivity (Wildman–Crippen MR) is 83.8 cm³/mol. The molecule has 3 rings (SSSR count). The first-order chi connectivity index (χ1) is 10.1. The number of aromatic nitrogens is 2. The van der Waals surface area contributed by atoms with Crippen LogP contribution >= 0.6 is 0 Å². The molecule has 0 saturated carbocycles. The van der Waals surface area contributed by atoms with E-state index in [0.717, 1.165) is 16.8 Å². The van der Waals surface area contributed by atoms with Crippen molar-refractivity contribution in [2.45, 2.75) is 20.8 Å². The van der Waals surface area contributed by atoms with Crippen molar-refractivity contribution in [2.75, 3.05) is 5.32 Å². The number of fused-ring (bicyclic) bond motifs is 1. The van der Waals surface area contributed by atoms with E-state index in [-0.39, 0.29) is 5.91 Å². The summed E-state index contributed by atoms with van der Waals surface area (Å²) < 4.78 is 1.84. The molecule has 4 nitrogen and oxygen atoms in total. The monoisotopic (exact) mass is 279 g/mol. The van der Waals surface area contributed by atoms with Gasteiger partial charge in [0.05, 0.1) is 5.56 Å². The Bertz CT molecular complexity index is 810. The van der Waals surface area contributed by atoms with Gasteiger partial charge < -0.3 is 9.72 Å². The Kier molecular flexibility index (Phi) is 3.22. The van der Waals surface area contributed by atoms with Gasteiger partial charge in [0, 0.05) is 24.3 Å². The van der Waals surface area contributed by atoms with Crippen molar-refractivity contribution in [1.82, 2.24) is 9.38 Å². The highest BCUT2D eigenvalue weighted by Crippen LogP contribution is 2.23. The van der Waals surface area contributed by atoms with Gasteiger partial charge in [0.1, 0.15) is 5.65 Å². The number of benzene rings is 1. The van der Waals surface area contributed by atoms with Gasteiger partial charge >= 0.3 is 0 Å². The molecular formula is C17H17N3O. The minimum absolute atomic E-state index is 0.137. The molecule has 2 aromatic heterocycles. The van der Waals surface area contributed by atoms with Crippen LogP contribution in [0.5, 0.6) is 0 Å². The van der Waals surface area contributed by atoms with Crippen molar-refractivity contribution in [3.05, 3.63) is 65.1 Å². The first kappa shape index (κ1) is 13.4. The van der Waals surface area contributed by atoms with Gasteiger partial charge in [-0.1, -0.05) is 17.7 Å². The van der Waals surface area contributed by atoms with E-state index in [9.17, 15) is 4.79 Å². The van der Waals surface area contributed by atoms with E-state index in [1.165, 1.54) is 5.56 Å². The van der Waals surface area contributed by atoms with Gasteiger partial charge in [-0.2, -0.15) is 0 Å². The van der Waals surface area contributed by atoms with Crippen LogP contribution < -0.4 is 5.32 Å². The number of imidazole rings is 1. The van der Waals surface area contributed by atoms with E-state index < -0.39 is 0 Å². The summed E-state index contributed by atoms with van der Waals surface area (Å²) in [4.78, 5) is 16.8. The molecule has 0 bridgehead atoms. The number of carbonyl (C=O) groups is 1. The number of nitrogens with one attached hydrogen (secondary N) is 1. The molecule has 1 amide bonds. The zero-order chi connectivity index (χ0) is 15.0. The minimum Gasteiger partial charge on any atom is -0.321 e. The predicted octanol–water partition coefficient (Wildman–Crippen LogP) is 3.51. The lowest BCUT2D eigenvalue weighted by atomic mass is 10.0. The maximum atomic E-state index is 12.6. The number of rotatable bonds is 2. The molecule has 1 aromatic carbocycles. The number of aryl methyl sites for hydroxylation is 3. The Morgan fingerprint density at radius 1 is 1.14 bits per heavy atom. The molecule has 0 aliphatic carbocycles. The zero-order valence-electron chi connectivity index (χ0n) is 12.3. The van der Waals surface area contributed by atoms with E-state index in [1.54, 1.807) is 12.3 Å². The quantitative estimate of drug-likeness (QED) is 0.780. The number of carbonyl (C=O) groups excluding carboxylic acids is 1. The third-order valence-electron chi connectivity index (χ3n) is 3.58. The van der Waals surface area contributed by atoms with Crippen molar-refractivity contribution in [3.8, 4) is 0 Å². The Balaban J connectivity index is 1.99. The third-order valence-corrected chi connectivity index (χ3v) is 3.58. The van der Waals surface area contributed by atoms with Crippen LogP contribution in [0.4, 0.5) is 5.69 Å². The number of amides is 1. The average Bonchev–Trinajstić information content (AvgIpc) is 2.90. The molecule has 106 valence electrons. The molecule has 0 aliphatic heterocycles. The van der Waals surface area contributed by atoms with E-state index in [0.29, 0.717) is 11.2 Å². The summed E-state index contributed by atoms with van der Waals surface area (Å²) in [5.74, 6) is -0.137. The average molecular weight is 279 g/mol. The van der Waals surface area contributed by atoms with Crippen molar-refractivity contribution < 1.29 is 4.79 Å².